The summed E-state index contributed by atoms with van der Waals surface area (Å²) in [6.07, 6.45) is 1.47. The minimum atomic E-state index is -1.25. The average molecular weight is 356 g/mol. The van der Waals surface area contributed by atoms with Gasteiger partial charge in [0.15, 0.2) is 0 Å². The fraction of sp³-hybridized carbons (Fsp3) is 0.300. The van der Waals surface area contributed by atoms with Gasteiger partial charge in [0.2, 0.25) is 11.8 Å². The molecule has 2 aromatic carbocycles. The first kappa shape index (κ1) is 16.7. The molecule has 0 saturated heterocycles. The molecule has 1 N–H and O–H groups in total. The second kappa shape index (κ2) is 5.90. The van der Waals surface area contributed by atoms with Crippen molar-refractivity contribution >= 4 is 23.2 Å². The lowest BCUT2D eigenvalue weighted by Crippen LogP contribution is -2.45. The van der Waals surface area contributed by atoms with Gasteiger partial charge >= 0.3 is 0 Å². The molecule has 0 bridgehead atoms. The van der Waals surface area contributed by atoms with E-state index in [4.69, 9.17) is 0 Å². The summed E-state index contributed by atoms with van der Waals surface area (Å²) in [5, 5.41) is 2.29. The van der Waals surface area contributed by atoms with E-state index in [9.17, 15) is 18.4 Å². The van der Waals surface area contributed by atoms with Crippen LogP contribution in [-0.4, -0.2) is 17.9 Å². The van der Waals surface area contributed by atoms with E-state index in [2.05, 4.69) is 5.32 Å². The normalized spacial score (nSPS) is 19.8. The Labute approximate surface area is 149 Å². The van der Waals surface area contributed by atoms with Crippen molar-refractivity contribution in [3.8, 4) is 0 Å². The maximum atomic E-state index is 13.8. The van der Waals surface area contributed by atoms with Gasteiger partial charge in [-0.25, -0.2) is 8.78 Å². The molecule has 2 aliphatic rings. The molecule has 4 rings (SSSR count). The van der Waals surface area contributed by atoms with Crippen LogP contribution >= 0.6 is 0 Å². The fourth-order valence-electron chi connectivity index (χ4n) is 3.62. The number of rotatable bonds is 3. The second-order valence-corrected chi connectivity index (χ2v) is 6.99. The van der Waals surface area contributed by atoms with Gasteiger partial charge < -0.3 is 10.2 Å². The maximum absolute atomic E-state index is 13.8. The number of benzene rings is 2. The van der Waals surface area contributed by atoms with Crippen LogP contribution in [0, 0.1) is 17.0 Å². The van der Waals surface area contributed by atoms with E-state index in [1.165, 1.54) is 6.07 Å². The van der Waals surface area contributed by atoms with Crippen LogP contribution in [-0.2, 0) is 16.0 Å². The molecule has 6 heteroatoms. The molecule has 1 atom stereocenters. The number of hydrogen-bond acceptors (Lipinski definition) is 2. The number of anilines is 2. The Morgan fingerprint density at radius 2 is 1.73 bits per heavy atom. The van der Waals surface area contributed by atoms with Gasteiger partial charge in [-0.05, 0) is 49.9 Å². The second-order valence-electron chi connectivity index (χ2n) is 6.99. The molecule has 2 aromatic rings. The summed E-state index contributed by atoms with van der Waals surface area (Å²) in [4.78, 5) is 27.6. The largest absolute Gasteiger partial charge is 0.320 e. The quantitative estimate of drug-likeness (QED) is 0.854. The number of carbonyl (C=O) groups is 2. The van der Waals surface area contributed by atoms with Crippen molar-refractivity contribution < 1.29 is 18.4 Å². The van der Waals surface area contributed by atoms with Crippen molar-refractivity contribution in [2.75, 3.05) is 10.2 Å². The first-order chi connectivity index (χ1) is 12.4. The average Bonchev–Trinajstić information content (AvgIpc) is 3.35. The predicted molar refractivity (Wildman–Crippen MR) is 93.7 cm³/mol. The number of para-hydroxylation sites is 2. The zero-order valence-corrected chi connectivity index (χ0v) is 14.3. The smallest absolute Gasteiger partial charge is 0.242 e. The lowest BCUT2D eigenvalue weighted by Gasteiger charge is -2.27. The Bertz CT molecular complexity index is 888. The third-order valence-corrected chi connectivity index (χ3v) is 5.22. The summed E-state index contributed by atoms with van der Waals surface area (Å²) >= 11 is 0. The van der Waals surface area contributed by atoms with E-state index in [0.717, 1.165) is 29.8 Å². The van der Waals surface area contributed by atoms with Crippen molar-refractivity contribution in [3.63, 3.8) is 0 Å². The summed E-state index contributed by atoms with van der Waals surface area (Å²) in [5.41, 5.74) is 0.109. The lowest BCUT2D eigenvalue weighted by molar-refractivity contribution is -0.132. The van der Waals surface area contributed by atoms with Gasteiger partial charge in [-0.1, -0.05) is 24.3 Å². The van der Waals surface area contributed by atoms with E-state index in [0.29, 0.717) is 12.8 Å². The number of nitrogens with zero attached hydrogens (tertiary/aromatic N) is 1. The topological polar surface area (TPSA) is 49.4 Å². The summed E-state index contributed by atoms with van der Waals surface area (Å²) in [6, 6.07) is 10.9. The minimum Gasteiger partial charge on any atom is -0.320 e. The van der Waals surface area contributed by atoms with Crippen molar-refractivity contribution in [1.29, 1.82) is 0 Å². The van der Waals surface area contributed by atoms with Gasteiger partial charge in [0.05, 0.1) is 0 Å². The number of carbonyl (C=O) groups excluding carboxylic acids is 2. The first-order valence-electron chi connectivity index (χ1n) is 8.61. The van der Waals surface area contributed by atoms with Gasteiger partial charge in [-0.3, -0.25) is 9.59 Å². The Balaban J connectivity index is 1.61. The predicted octanol–water partition coefficient (Wildman–Crippen LogP) is 3.66. The Morgan fingerprint density at radius 1 is 1.08 bits per heavy atom. The molecule has 26 heavy (non-hydrogen) atoms. The number of halogens is 2. The standard InChI is InChI=1S/C20H18F2N2O2/c1-12-11-13-5-2-3-8-16(13)24(12)19(26)20(9-10-20)18(25)23-17-14(21)6-4-7-15(17)22/h2-8,12H,9-11H2,1H3,(H,23,25). The minimum absolute atomic E-state index is 0.0598. The molecule has 2 amide bonds. The Kier molecular flexibility index (Phi) is 3.79. The monoisotopic (exact) mass is 356 g/mol. The van der Waals surface area contributed by atoms with Crippen molar-refractivity contribution in [2.45, 2.75) is 32.2 Å². The highest BCUT2D eigenvalue weighted by atomic mass is 19.1. The van der Waals surface area contributed by atoms with E-state index in [-0.39, 0.29) is 11.9 Å². The van der Waals surface area contributed by atoms with Gasteiger partial charge in [0.25, 0.3) is 0 Å². The molecule has 4 nitrogen and oxygen atoms in total. The van der Waals surface area contributed by atoms with Crippen LogP contribution in [0.3, 0.4) is 0 Å². The van der Waals surface area contributed by atoms with Gasteiger partial charge in [-0.2, -0.15) is 0 Å². The van der Waals surface area contributed by atoms with Crippen molar-refractivity contribution in [2.24, 2.45) is 5.41 Å². The number of hydrogen-bond donors (Lipinski definition) is 1. The summed E-state index contributed by atoms with van der Waals surface area (Å²) in [5.74, 6) is -2.67. The van der Waals surface area contributed by atoms with E-state index < -0.39 is 28.6 Å². The molecule has 1 unspecified atom stereocenters. The lowest BCUT2D eigenvalue weighted by atomic mass is 10.0. The van der Waals surface area contributed by atoms with Crippen LogP contribution < -0.4 is 10.2 Å². The number of nitrogens with one attached hydrogen (secondary N) is 1. The Morgan fingerprint density at radius 3 is 2.38 bits per heavy atom. The van der Waals surface area contributed by atoms with Crippen molar-refractivity contribution in [1.82, 2.24) is 0 Å². The Hall–Kier alpha value is -2.76. The highest BCUT2D eigenvalue weighted by molar-refractivity contribution is 6.18. The SMILES string of the molecule is CC1Cc2ccccc2N1C(=O)C1(C(=O)Nc2c(F)cccc2F)CC1. The van der Waals surface area contributed by atoms with Crippen LogP contribution in [0.2, 0.25) is 0 Å². The molecular weight excluding hydrogens is 338 g/mol. The molecule has 1 aliphatic heterocycles. The van der Waals surface area contributed by atoms with E-state index in [1.54, 1.807) is 4.90 Å². The van der Waals surface area contributed by atoms with Crippen LogP contribution in [0.5, 0.6) is 0 Å². The highest BCUT2D eigenvalue weighted by Crippen LogP contribution is 2.50. The molecular formula is C20H18F2N2O2. The van der Waals surface area contributed by atoms with E-state index in [1.807, 2.05) is 31.2 Å². The van der Waals surface area contributed by atoms with Gasteiger partial charge in [0.1, 0.15) is 22.7 Å². The molecule has 0 radical (unpaired) electrons. The molecule has 1 fully saturated rings. The third kappa shape index (κ3) is 2.48. The highest BCUT2D eigenvalue weighted by Gasteiger charge is 2.59. The molecule has 1 heterocycles. The summed E-state index contributed by atoms with van der Waals surface area (Å²) < 4.78 is 27.7. The van der Waals surface area contributed by atoms with Crippen LogP contribution in [0.15, 0.2) is 42.5 Å². The zero-order valence-electron chi connectivity index (χ0n) is 14.3. The fourth-order valence-corrected chi connectivity index (χ4v) is 3.62. The van der Waals surface area contributed by atoms with Crippen molar-refractivity contribution in [3.05, 3.63) is 59.7 Å². The molecule has 1 aliphatic carbocycles. The van der Waals surface area contributed by atoms with Crippen LogP contribution in [0.25, 0.3) is 0 Å². The summed E-state index contributed by atoms with van der Waals surface area (Å²) in [6.45, 7) is 1.93. The maximum Gasteiger partial charge on any atom is 0.242 e. The van der Waals surface area contributed by atoms with Gasteiger partial charge in [-0.15, -0.1) is 0 Å². The molecule has 1 saturated carbocycles. The van der Waals surface area contributed by atoms with Crippen LogP contribution in [0.4, 0.5) is 20.2 Å². The first-order valence-corrected chi connectivity index (χ1v) is 8.61. The number of fused-ring (bicyclic) bond motifs is 1. The van der Waals surface area contributed by atoms with Gasteiger partial charge in [0, 0.05) is 11.7 Å². The zero-order chi connectivity index (χ0) is 18.5. The summed E-state index contributed by atoms with van der Waals surface area (Å²) in [7, 11) is 0. The third-order valence-electron chi connectivity index (χ3n) is 5.22. The molecule has 0 spiro atoms. The number of amides is 2. The van der Waals surface area contributed by atoms with Crippen LogP contribution in [0.1, 0.15) is 25.3 Å². The molecule has 0 aromatic heterocycles. The molecule has 134 valence electrons. The van der Waals surface area contributed by atoms with E-state index >= 15 is 0 Å².